The fraction of sp³-hybridized carbons (Fsp3) is 1.00. The largest absolute Gasteiger partial charge is 0.395 e. The van der Waals surface area contributed by atoms with Gasteiger partial charge in [-0.25, -0.2) is 8.42 Å². The van der Waals surface area contributed by atoms with Crippen molar-refractivity contribution in [3.63, 3.8) is 0 Å². The normalized spacial score (nSPS) is 19.6. The molecule has 0 amide bonds. The Morgan fingerprint density at radius 1 is 1.50 bits per heavy atom. The van der Waals surface area contributed by atoms with E-state index in [-0.39, 0.29) is 19.2 Å². The van der Waals surface area contributed by atoms with Crippen LogP contribution in [0.4, 0.5) is 0 Å². The van der Waals surface area contributed by atoms with Crippen LogP contribution in [0.25, 0.3) is 0 Å². The van der Waals surface area contributed by atoms with Gasteiger partial charge in [-0.05, 0) is 12.8 Å². The van der Waals surface area contributed by atoms with Gasteiger partial charge in [0.25, 0.3) is 0 Å². The monoisotopic (exact) mass is 193 g/mol. The first-order valence-corrected chi connectivity index (χ1v) is 5.98. The Balaban J connectivity index is 2.60. The van der Waals surface area contributed by atoms with Gasteiger partial charge in [-0.3, -0.25) is 0 Å². The van der Waals surface area contributed by atoms with Crippen molar-refractivity contribution in [2.24, 2.45) is 0 Å². The van der Waals surface area contributed by atoms with Gasteiger partial charge in [-0.15, -0.1) is 0 Å². The molecule has 12 heavy (non-hydrogen) atoms. The second kappa shape index (κ2) is 3.72. The third-order valence-electron chi connectivity index (χ3n) is 2.23. The molecule has 5 heteroatoms. The molecule has 0 aromatic carbocycles. The van der Waals surface area contributed by atoms with Crippen molar-refractivity contribution >= 4 is 10.0 Å². The molecule has 0 heterocycles. The van der Waals surface area contributed by atoms with Crippen molar-refractivity contribution in [3.05, 3.63) is 0 Å². The van der Waals surface area contributed by atoms with Gasteiger partial charge in [0.2, 0.25) is 10.0 Å². The minimum atomic E-state index is -3.11. The third kappa shape index (κ3) is 2.18. The molecule has 0 aromatic rings. The van der Waals surface area contributed by atoms with Crippen molar-refractivity contribution in [1.82, 2.24) is 4.31 Å². The Kier molecular flexibility index (Phi) is 3.09. The van der Waals surface area contributed by atoms with Crippen LogP contribution in [-0.2, 0) is 10.0 Å². The van der Waals surface area contributed by atoms with E-state index in [1.807, 2.05) is 0 Å². The zero-order valence-electron chi connectivity index (χ0n) is 7.23. The fourth-order valence-electron chi connectivity index (χ4n) is 1.39. The van der Waals surface area contributed by atoms with Crippen molar-refractivity contribution in [1.29, 1.82) is 0 Å². The number of aliphatic hydroxyl groups excluding tert-OH is 1. The molecule has 0 unspecified atom stereocenters. The molecule has 72 valence electrons. The summed E-state index contributed by atoms with van der Waals surface area (Å²) >= 11 is 0. The van der Waals surface area contributed by atoms with E-state index in [1.54, 1.807) is 0 Å². The lowest BCUT2D eigenvalue weighted by Crippen LogP contribution is -2.44. The van der Waals surface area contributed by atoms with Gasteiger partial charge < -0.3 is 5.11 Å². The Morgan fingerprint density at radius 3 is 2.33 bits per heavy atom. The topological polar surface area (TPSA) is 57.6 Å². The summed E-state index contributed by atoms with van der Waals surface area (Å²) in [5.74, 6) is 0. The first-order chi connectivity index (χ1) is 5.55. The minimum absolute atomic E-state index is 0.0937. The SMILES string of the molecule is CS(=O)(=O)N(CCO)C1CCC1. The van der Waals surface area contributed by atoms with Crippen LogP contribution >= 0.6 is 0 Å². The van der Waals surface area contributed by atoms with Crippen LogP contribution in [0.3, 0.4) is 0 Å². The molecule has 1 saturated carbocycles. The van der Waals surface area contributed by atoms with Gasteiger partial charge in [0.15, 0.2) is 0 Å². The highest BCUT2D eigenvalue weighted by atomic mass is 32.2. The Morgan fingerprint density at radius 2 is 2.08 bits per heavy atom. The number of nitrogens with zero attached hydrogens (tertiary/aromatic N) is 1. The summed E-state index contributed by atoms with van der Waals surface area (Å²) in [6, 6.07) is 0.146. The second-order valence-corrected chi connectivity index (χ2v) is 5.12. The van der Waals surface area contributed by atoms with Crippen LogP contribution in [-0.4, -0.2) is 43.3 Å². The van der Waals surface area contributed by atoms with Crippen molar-refractivity contribution in [2.45, 2.75) is 25.3 Å². The van der Waals surface area contributed by atoms with Crippen molar-refractivity contribution in [3.8, 4) is 0 Å². The smallest absolute Gasteiger partial charge is 0.211 e. The highest BCUT2D eigenvalue weighted by Crippen LogP contribution is 2.26. The predicted octanol–water partition coefficient (Wildman–Crippen LogP) is -0.207. The number of aliphatic hydroxyl groups is 1. The summed E-state index contributed by atoms with van der Waals surface area (Å²) in [7, 11) is -3.11. The van der Waals surface area contributed by atoms with Gasteiger partial charge in [0.1, 0.15) is 0 Å². The summed E-state index contributed by atoms with van der Waals surface area (Å²) in [5.41, 5.74) is 0. The van der Waals surface area contributed by atoms with E-state index < -0.39 is 10.0 Å². The first kappa shape index (κ1) is 9.95. The molecule has 0 atom stereocenters. The molecular weight excluding hydrogens is 178 g/mol. The highest BCUT2D eigenvalue weighted by molar-refractivity contribution is 7.88. The Hall–Kier alpha value is -0.130. The standard InChI is InChI=1S/C7H15NO3S/c1-12(10,11)8(5-6-9)7-3-2-4-7/h7,9H,2-6H2,1H3. The van der Waals surface area contributed by atoms with Crippen molar-refractivity contribution < 1.29 is 13.5 Å². The maximum absolute atomic E-state index is 11.2. The molecule has 0 aliphatic heterocycles. The van der Waals surface area contributed by atoms with E-state index in [1.165, 1.54) is 10.6 Å². The Bertz CT molecular complexity index is 233. The summed E-state index contributed by atoms with van der Waals surface area (Å²) in [6.45, 7) is 0.146. The Labute approximate surface area is 73.2 Å². The summed E-state index contributed by atoms with van der Waals surface area (Å²) in [6.07, 6.45) is 4.17. The van der Waals surface area contributed by atoms with Gasteiger partial charge in [-0.2, -0.15) is 4.31 Å². The fourth-order valence-corrected chi connectivity index (χ4v) is 2.56. The maximum atomic E-state index is 11.2. The summed E-state index contributed by atoms with van der Waals surface area (Å²) in [5, 5.41) is 8.66. The van der Waals surface area contributed by atoms with Crippen LogP contribution in [0.1, 0.15) is 19.3 Å². The zero-order valence-corrected chi connectivity index (χ0v) is 8.05. The van der Waals surface area contributed by atoms with Crippen LogP contribution in [0, 0.1) is 0 Å². The molecule has 0 radical (unpaired) electrons. The molecule has 1 fully saturated rings. The lowest BCUT2D eigenvalue weighted by Gasteiger charge is -2.35. The number of hydrogen-bond donors (Lipinski definition) is 1. The summed E-state index contributed by atoms with van der Waals surface area (Å²) < 4.78 is 23.7. The summed E-state index contributed by atoms with van der Waals surface area (Å²) in [4.78, 5) is 0. The number of sulfonamides is 1. The van der Waals surface area contributed by atoms with Gasteiger partial charge in [-0.1, -0.05) is 6.42 Å². The third-order valence-corrected chi connectivity index (χ3v) is 3.56. The molecule has 0 saturated heterocycles. The molecule has 1 aliphatic carbocycles. The van der Waals surface area contributed by atoms with Gasteiger partial charge in [0, 0.05) is 12.6 Å². The van der Waals surface area contributed by atoms with Crippen LogP contribution < -0.4 is 0 Å². The van der Waals surface area contributed by atoms with Crippen LogP contribution in [0.15, 0.2) is 0 Å². The average Bonchev–Trinajstić information content (AvgIpc) is 1.80. The minimum Gasteiger partial charge on any atom is -0.395 e. The average molecular weight is 193 g/mol. The second-order valence-electron chi connectivity index (χ2n) is 3.18. The van der Waals surface area contributed by atoms with E-state index in [4.69, 9.17) is 5.11 Å². The van der Waals surface area contributed by atoms with Crippen LogP contribution in [0.2, 0.25) is 0 Å². The van der Waals surface area contributed by atoms with Crippen LogP contribution in [0.5, 0.6) is 0 Å². The molecule has 0 aromatic heterocycles. The number of hydrogen-bond acceptors (Lipinski definition) is 3. The highest BCUT2D eigenvalue weighted by Gasteiger charge is 2.30. The number of rotatable bonds is 4. The molecule has 4 nitrogen and oxygen atoms in total. The van der Waals surface area contributed by atoms with E-state index >= 15 is 0 Å². The molecule has 0 spiro atoms. The van der Waals surface area contributed by atoms with E-state index in [9.17, 15) is 8.42 Å². The van der Waals surface area contributed by atoms with E-state index in [2.05, 4.69) is 0 Å². The molecule has 0 bridgehead atoms. The van der Waals surface area contributed by atoms with E-state index in [0.717, 1.165) is 19.3 Å². The van der Waals surface area contributed by atoms with E-state index in [0.29, 0.717) is 0 Å². The predicted molar refractivity (Wildman–Crippen MR) is 46.3 cm³/mol. The molecular formula is C7H15NO3S. The first-order valence-electron chi connectivity index (χ1n) is 4.13. The zero-order chi connectivity index (χ0) is 9.19. The lowest BCUT2D eigenvalue weighted by molar-refractivity contribution is 0.179. The lowest BCUT2D eigenvalue weighted by atomic mass is 9.93. The van der Waals surface area contributed by atoms with Gasteiger partial charge in [0.05, 0.1) is 12.9 Å². The van der Waals surface area contributed by atoms with Gasteiger partial charge >= 0.3 is 0 Å². The maximum Gasteiger partial charge on any atom is 0.211 e. The van der Waals surface area contributed by atoms with Crippen molar-refractivity contribution in [2.75, 3.05) is 19.4 Å². The molecule has 1 aliphatic rings. The quantitative estimate of drug-likeness (QED) is 0.672. The molecule has 1 rings (SSSR count). The molecule has 1 N–H and O–H groups in total.